The molecule has 3 rings (SSSR count). The number of hydrogen-bond acceptors (Lipinski definition) is 5. The maximum Gasteiger partial charge on any atom is 0.272 e. The Morgan fingerprint density at radius 1 is 1.52 bits per heavy atom. The van der Waals surface area contributed by atoms with Crippen LogP contribution in [0, 0.1) is 13.8 Å². The summed E-state index contributed by atoms with van der Waals surface area (Å²) in [7, 11) is 0. The summed E-state index contributed by atoms with van der Waals surface area (Å²) in [6, 6.07) is 1.83. The molecule has 0 aliphatic carbocycles. The molecule has 0 aromatic carbocycles. The first kappa shape index (κ1) is 16.1. The van der Waals surface area contributed by atoms with Crippen molar-refractivity contribution in [1.29, 1.82) is 0 Å². The molecule has 0 saturated heterocycles. The fourth-order valence-electron chi connectivity index (χ4n) is 2.69. The molecule has 0 unspecified atom stereocenters. The lowest BCUT2D eigenvalue weighted by atomic mass is 10.2. The molecule has 0 fully saturated rings. The summed E-state index contributed by atoms with van der Waals surface area (Å²) < 4.78 is 1.94. The van der Waals surface area contributed by atoms with Gasteiger partial charge < -0.3 is 10.6 Å². The molecule has 124 valence electrons. The van der Waals surface area contributed by atoms with Gasteiger partial charge in [0.25, 0.3) is 5.91 Å². The van der Waals surface area contributed by atoms with Gasteiger partial charge in [0.05, 0.1) is 17.4 Å². The smallest absolute Gasteiger partial charge is 0.272 e. The van der Waals surface area contributed by atoms with Crippen molar-refractivity contribution >= 4 is 17.2 Å². The number of carbonyl (C=O) groups is 1. The molecular formula is C16H23N5OS. The van der Waals surface area contributed by atoms with Crippen LogP contribution in [0.25, 0.3) is 0 Å². The number of nitrogens with one attached hydrogen (secondary N) is 2. The summed E-state index contributed by atoms with van der Waals surface area (Å²) in [6.45, 7) is 8.74. The first-order chi connectivity index (χ1) is 11.1. The number of amides is 1. The summed E-state index contributed by atoms with van der Waals surface area (Å²) >= 11 is 1.65. The van der Waals surface area contributed by atoms with Crippen molar-refractivity contribution in [3.05, 3.63) is 33.0 Å². The highest BCUT2D eigenvalue weighted by Crippen LogP contribution is 2.25. The molecule has 2 aromatic heterocycles. The van der Waals surface area contributed by atoms with Gasteiger partial charge in [-0.25, -0.2) is 4.98 Å². The molecule has 1 amide bonds. The number of fused-ring (bicyclic) bond motifs is 1. The summed E-state index contributed by atoms with van der Waals surface area (Å²) in [5, 5.41) is 11.9. The van der Waals surface area contributed by atoms with Crippen molar-refractivity contribution in [2.24, 2.45) is 0 Å². The van der Waals surface area contributed by atoms with Crippen LogP contribution < -0.4 is 10.6 Å². The van der Waals surface area contributed by atoms with Gasteiger partial charge in [0, 0.05) is 18.0 Å². The molecule has 1 atom stereocenters. The van der Waals surface area contributed by atoms with Gasteiger partial charge in [-0.1, -0.05) is 6.92 Å². The molecule has 7 heteroatoms. The SMILES string of the molecule is CC[C@H](NC(=O)c1cc2n(n1)CCCNC2)c1nc(C)c(C)s1. The van der Waals surface area contributed by atoms with Gasteiger partial charge in [0.1, 0.15) is 5.01 Å². The number of aromatic nitrogens is 3. The van der Waals surface area contributed by atoms with Crippen LogP contribution in [0.5, 0.6) is 0 Å². The first-order valence-corrected chi connectivity index (χ1v) is 8.92. The molecule has 23 heavy (non-hydrogen) atoms. The van der Waals surface area contributed by atoms with E-state index < -0.39 is 0 Å². The molecule has 1 aliphatic rings. The minimum absolute atomic E-state index is 0.0560. The normalized spacial score (nSPS) is 15.8. The monoisotopic (exact) mass is 333 g/mol. The van der Waals surface area contributed by atoms with Crippen molar-refractivity contribution in [2.75, 3.05) is 6.54 Å². The van der Waals surface area contributed by atoms with Crippen molar-refractivity contribution in [2.45, 2.75) is 52.7 Å². The Balaban J connectivity index is 1.75. The first-order valence-electron chi connectivity index (χ1n) is 8.10. The molecule has 0 spiro atoms. The van der Waals surface area contributed by atoms with Gasteiger partial charge in [-0.2, -0.15) is 5.10 Å². The molecule has 0 saturated carbocycles. The number of nitrogens with zero attached hydrogens (tertiary/aromatic N) is 3. The largest absolute Gasteiger partial charge is 0.341 e. The number of rotatable bonds is 4. The molecule has 6 nitrogen and oxygen atoms in total. The Bertz CT molecular complexity index is 662. The van der Waals surface area contributed by atoms with E-state index in [1.165, 1.54) is 4.88 Å². The summed E-state index contributed by atoms with van der Waals surface area (Å²) in [5.41, 5.74) is 2.60. The fraction of sp³-hybridized carbons (Fsp3) is 0.562. The average molecular weight is 333 g/mol. The molecule has 0 radical (unpaired) electrons. The Hall–Kier alpha value is -1.73. The predicted octanol–water partition coefficient (Wildman–Crippen LogP) is 2.33. The molecule has 1 aliphatic heterocycles. The Morgan fingerprint density at radius 3 is 3.04 bits per heavy atom. The third kappa shape index (κ3) is 3.45. The second-order valence-corrected chi connectivity index (χ2v) is 7.14. The molecule has 2 aromatic rings. The zero-order valence-electron chi connectivity index (χ0n) is 13.8. The topological polar surface area (TPSA) is 71.8 Å². The summed E-state index contributed by atoms with van der Waals surface area (Å²) in [6.07, 6.45) is 1.85. The van der Waals surface area contributed by atoms with Crippen LogP contribution in [0.15, 0.2) is 6.07 Å². The third-order valence-corrected chi connectivity index (χ3v) is 5.37. The number of thiazole rings is 1. The highest BCUT2D eigenvalue weighted by atomic mass is 32.1. The highest BCUT2D eigenvalue weighted by molar-refractivity contribution is 7.11. The lowest BCUT2D eigenvalue weighted by molar-refractivity contribution is 0.0929. The van der Waals surface area contributed by atoms with Crippen LogP contribution >= 0.6 is 11.3 Å². The summed E-state index contributed by atoms with van der Waals surface area (Å²) in [4.78, 5) is 18.3. The second kappa shape index (κ2) is 6.80. The van der Waals surface area contributed by atoms with Gasteiger partial charge in [0.15, 0.2) is 5.69 Å². The van der Waals surface area contributed by atoms with E-state index >= 15 is 0 Å². The van der Waals surface area contributed by atoms with Crippen molar-refractivity contribution in [3.63, 3.8) is 0 Å². The van der Waals surface area contributed by atoms with Crippen molar-refractivity contribution in [1.82, 2.24) is 25.4 Å². The van der Waals surface area contributed by atoms with E-state index in [0.717, 1.165) is 48.9 Å². The highest BCUT2D eigenvalue weighted by Gasteiger charge is 2.21. The number of hydrogen-bond donors (Lipinski definition) is 2. The maximum atomic E-state index is 12.6. The zero-order valence-corrected chi connectivity index (χ0v) is 14.7. The van der Waals surface area contributed by atoms with Gasteiger partial charge >= 0.3 is 0 Å². The minimum atomic E-state index is -0.122. The average Bonchev–Trinajstić information content (AvgIpc) is 3.01. The van der Waals surface area contributed by atoms with Crippen LogP contribution in [0.2, 0.25) is 0 Å². The fourth-order valence-corrected chi connectivity index (χ4v) is 3.75. The molecule has 3 heterocycles. The van der Waals surface area contributed by atoms with Crippen molar-refractivity contribution in [3.8, 4) is 0 Å². The van der Waals surface area contributed by atoms with Crippen LogP contribution in [-0.2, 0) is 13.1 Å². The van der Waals surface area contributed by atoms with Gasteiger partial charge in [-0.05, 0) is 39.3 Å². The standard InChI is InChI=1S/C16H23N5OS/c1-4-13(16-18-10(2)11(3)23-16)19-15(22)14-8-12-9-17-6-5-7-21(12)20-14/h8,13,17H,4-7,9H2,1-3H3,(H,19,22)/t13-/m0/s1. The molecular weight excluding hydrogens is 310 g/mol. The van der Waals surface area contributed by atoms with E-state index in [1.54, 1.807) is 11.3 Å². The quantitative estimate of drug-likeness (QED) is 0.901. The minimum Gasteiger partial charge on any atom is -0.341 e. The van der Waals surface area contributed by atoms with E-state index in [4.69, 9.17) is 0 Å². The Labute approximate surface area is 140 Å². The van der Waals surface area contributed by atoms with E-state index in [-0.39, 0.29) is 11.9 Å². The van der Waals surface area contributed by atoms with Crippen molar-refractivity contribution < 1.29 is 4.79 Å². The van der Waals surface area contributed by atoms with E-state index in [2.05, 4.69) is 34.6 Å². The third-order valence-electron chi connectivity index (χ3n) is 4.18. The van der Waals surface area contributed by atoms with Gasteiger partial charge in [-0.15, -0.1) is 11.3 Å². The van der Waals surface area contributed by atoms with E-state index in [9.17, 15) is 4.79 Å². The molecule has 0 bridgehead atoms. The van der Waals surface area contributed by atoms with Gasteiger partial charge in [-0.3, -0.25) is 9.48 Å². The lowest BCUT2D eigenvalue weighted by Crippen LogP contribution is -2.28. The second-order valence-electron chi connectivity index (χ2n) is 5.90. The van der Waals surface area contributed by atoms with Crippen LogP contribution in [0.4, 0.5) is 0 Å². The van der Waals surface area contributed by atoms with E-state index in [1.807, 2.05) is 17.7 Å². The number of aryl methyl sites for hydroxylation is 3. The maximum absolute atomic E-state index is 12.6. The Kier molecular flexibility index (Phi) is 4.77. The lowest BCUT2D eigenvalue weighted by Gasteiger charge is -2.13. The summed E-state index contributed by atoms with van der Waals surface area (Å²) in [5.74, 6) is -0.122. The number of carbonyl (C=O) groups excluding carboxylic acids is 1. The van der Waals surface area contributed by atoms with Crippen LogP contribution in [0.1, 0.15) is 57.6 Å². The zero-order chi connectivity index (χ0) is 16.4. The predicted molar refractivity (Wildman–Crippen MR) is 90.6 cm³/mol. The van der Waals surface area contributed by atoms with Crippen LogP contribution in [-0.4, -0.2) is 27.2 Å². The van der Waals surface area contributed by atoms with Crippen LogP contribution in [0.3, 0.4) is 0 Å². The Morgan fingerprint density at radius 2 is 2.35 bits per heavy atom. The van der Waals surface area contributed by atoms with E-state index in [0.29, 0.717) is 5.69 Å². The van der Waals surface area contributed by atoms with Gasteiger partial charge in [0.2, 0.25) is 0 Å². The molecule has 2 N–H and O–H groups in total.